The smallest absolute Gasteiger partial charge is 0.326 e. The van der Waals surface area contributed by atoms with Crippen molar-refractivity contribution in [1.82, 2.24) is 5.32 Å². The van der Waals surface area contributed by atoms with Crippen molar-refractivity contribution in [2.75, 3.05) is 0 Å². The number of hydrogen-bond donors (Lipinski definition) is 4. The molecule has 0 aromatic heterocycles. The van der Waals surface area contributed by atoms with Crippen molar-refractivity contribution >= 4 is 11.9 Å². The average Bonchev–Trinajstić information content (AvgIpc) is 3.38. The zero-order chi connectivity index (χ0) is 32.7. The van der Waals surface area contributed by atoms with E-state index >= 15 is 0 Å². The van der Waals surface area contributed by atoms with Gasteiger partial charge in [0, 0.05) is 6.42 Å². The SMILES string of the molecule is C=C(C)[C@@H]1CC[C@]2(C(=O)N[C@@H](Cc3ccc(O)cc3)C(=O)O)CC[C@]3(C)[C@H](CC[C@@H]4[C@@]5(C)CC[C@H](O)C(C)(C)[C@@H]5CC[C@]43C)[C@@H]12. The molecule has 0 aliphatic heterocycles. The highest BCUT2D eigenvalue weighted by Crippen LogP contribution is 2.77. The van der Waals surface area contributed by atoms with E-state index in [1.807, 2.05) is 0 Å². The summed E-state index contributed by atoms with van der Waals surface area (Å²) in [5, 5.41) is 34.0. The third-order valence-electron chi connectivity index (χ3n) is 15.5. The molecule has 1 aromatic rings. The van der Waals surface area contributed by atoms with E-state index in [1.54, 1.807) is 24.3 Å². The molecule has 0 heterocycles. The van der Waals surface area contributed by atoms with Gasteiger partial charge in [-0.25, -0.2) is 4.79 Å². The van der Waals surface area contributed by atoms with Crippen LogP contribution in [0.4, 0.5) is 0 Å². The first-order valence-electron chi connectivity index (χ1n) is 17.7. The zero-order valence-corrected chi connectivity index (χ0v) is 28.5. The number of benzene rings is 1. The predicted octanol–water partition coefficient (Wildman–Crippen LogP) is 7.52. The molecule has 45 heavy (non-hydrogen) atoms. The number of nitrogens with one attached hydrogen (secondary N) is 1. The van der Waals surface area contributed by atoms with Crippen LogP contribution in [0.5, 0.6) is 5.75 Å². The van der Waals surface area contributed by atoms with Gasteiger partial charge in [0.1, 0.15) is 11.8 Å². The Morgan fingerprint density at radius 3 is 2.22 bits per heavy atom. The molecule has 0 saturated heterocycles. The maximum atomic E-state index is 14.5. The van der Waals surface area contributed by atoms with Gasteiger partial charge in [-0.05, 0) is 140 Å². The number of carbonyl (C=O) groups is 2. The van der Waals surface area contributed by atoms with Crippen molar-refractivity contribution in [2.45, 2.75) is 124 Å². The van der Waals surface area contributed by atoms with Gasteiger partial charge in [-0.1, -0.05) is 58.9 Å². The summed E-state index contributed by atoms with van der Waals surface area (Å²) in [6, 6.07) is 5.53. The number of carboxylic acid groups (broad SMARTS) is 1. The van der Waals surface area contributed by atoms with Gasteiger partial charge in [-0.3, -0.25) is 4.79 Å². The third-order valence-corrected chi connectivity index (χ3v) is 15.5. The van der Waals surface area contributed by atoms with Gasteiger partial charge >= 0.3 is 5.97 Å². The van der Waals surface area contributed by atoms with Crippen LogP contribution in [0.25, 0.3) is 0 Å². The summed E-state index contributed by atoms with van der Waals surface area (Å²) in [4.78, 5) is 27.0. The van der Waals surface area contributed by atoms with Crippen LogP contribution in [-0.4, -0.2) is 39.3 Å². The van der Waals surface area contributed by atoms with Crippen LogP contribution in [0.2, 0.25) is 0 Å². The zero-order valence-electron chi connectivity index (χ0n) is 28.5. The van der Waals surface area contributed by atoms with E-state index in [9.17, 15) is 24.9 Å². The molecule has 0 spiro atoms. The molecule has 6 nitrogen and oxygen atoms in total. The quantitative estimate of drug-likeness (QED) is 0.247. The van der Waals surface area contributed by atoms with E-state index in [0.29, 0.717) is 17.8 Å². The lowest BCUT2D eigenvalue weighted by molar-refractivity contribution is -0.246. The van der Waals surface area contributed by atoms with Crippen LogP contribution in [0, 0.1) is 56.7 Å². The molecule has 0 unspecified atom stereocenters. The summed E-state index contributed by atoms with van der Waals surface area (Å²) in [5.41, 5.74) is 1.68. The second-order valence-corrected chi connectivity index (χ2v) is 17.5. The molecule has 6 heteroatoms. The van der Waals surface area contributed by atoms with Gasteiger partial charge in [-0.2, -0.15) is 0 Å². The summed E-state index contributed by atoms with van der Waals surface area (Å²) in [7, 11) is 0. The molecule has 248 valence electrons. The van der Waals surface area contributed by atoms with Crippen molar-refractivity contribution in [1.29, 1.82) is 0 Å². The number of phenols is 1. The van der Waals surface area contributed by atoms with Gasteiger partial charge in [0.15, 0.2) is 0 Å². The number of fused-ring (bicyclic) bond motifs is 7. The summed E-state index contributed by atoms with van der Waals surface area (Å²) in [6.45, 7) is 18.9. The molecule has 5 saturated carbocycles. The number of aliphatic hydroxyl groups is 1. The summed E-state index contributed by atoms with van der Waals surface area (Å²) < 4.78 is 0. The van der Waals surface area contributed by atoms with Crippen LogP contribution in [0.3, 0.4) is 0 Å². The first-order valence-corrected chi connectivity index (χ1v) is 17.7. The van der Waals surface area contributed by atoms with Crippen LogP contribution in [-0.2, 0) is 16.0 Å². The number of phenolic OH excluding ortho intramolecular Hbond substituents is 1. The lowest BCUT2D eigenvalue weighted by Crippen LogP contribution is -2.67. The maximum Gasteiger partial charge on any atom is 0.326 e. The van der Waals surface area contributed by atoms with E-state index < -0.39 is 17.4 Å². The van der Waals surface area contributed by atoms with Crippen LogP contribution in [0.15, 0.2) is 36.4 Å². The van der Waals surface area contributed by atoms with Crippen molar-refractivity contribution < 1.29 is 24.9 Å². The highest BCUT2D eigenvalue weighted by Gasteiger charge is 2.72. The molecule has 0 bridgehead atoms. The second kappa shape index (κ2) is 10.9. The Kier molecular flexibility index (Phi) is 7.86. The Bertz CT molecular complexity index is 1350. The first kappa shape index (κ1) is 32.6. The van der Waals surface area contributed by atoms with Crippen molar-refractivity contribution in [3.63, 3.8) is 0 Å². The van der Waals surface area contributed by atoms with Gasteiger partial charge in [0.05, 0.1) is 11.5 Å². The topological polar surface area (TPSA) is 107 Å². The Labute approximate surface area is 270 Å². The van der Waals surface area contributed by atoms with Crippen molar-refractivity contribution in [3.8, 4) is 5.75 Å². The number of aliphatic hydroxyl groups excluding tert-OH is 1. The standard InChI is InChI=1S/C39H57NO5/c1-23(2)26-14-19-39(34(45)40-28(33(43)44)22-24-8-10-25(41)11-9-24)21-20-37(6)27(32(26)39)12-13-30-36(5)17-16-31(42)35(3,4)29(36)15-18-38(30,37)7/h8-11,26-32,41-42H,1,12-22H2,2-7H3,(H,40,45)(H,43,44)/t26-,27+,28-,29-,30+,31-,32+,36-,37+,38+,39-/m0/s1. The highest BCUT2D eigenvalue weighted by atomic mass is 16.4. The van der Waals surface area contributed by atoms with Gasteiger partial charge < -0.3 is 20.6 Å². The molecule has 4 N–H and O–H groups in total. The van der Waals surface area contributed by atoms with Crippen molar-refractivity contribution in [3.05, 3.63) is 42.0 Å². The van der Waals surface area contributed by atoms with E-state index in [-0.39, 0.29) is 57.7 Å². The Morgan fingerprint density at radius 1 is 0.889 bits per heavy atom. The number of allylic oxidation sites excluding steroid dienone is 1. The molecular formula is C39H57NO5. The number of aliphatic carboxylic acids is 1. The number of amides is 1. The summed E-state index contributed by atoms with van der Waals surface area (Å²) >= 11 is 0. The van der Waals surface area contributed by atoms with E-state index in [2.05, 4.69) is 53.4 Å². The lowest BCUT2D eigenvalue weighted by atomic mass is 9.32. The number of rotatable bonds is 6. The van der Waals surface area contributed by atoms with E-state index in [0.717, 1.165) is 68.9 Å². The molecule has 1 aromatic carbocycles. The molecule has 5 fully saturated rings. The third kappa shape index (κ3) is 4.65. The number of carboxylic acids is 1. The molecular weight excluding hydrogens is 562 g/mol. The maximum absolute atomic E-state index is 14.5. The molecule has 1 amide bonds. The fourth-order valence-corrected chi connectivity index (χ4v) is 12.9. The van der Waals surface area contributed by atoms with Crippen molar-refractivity contribution in [2.24, 2.45) is 56.7 Å². The Morgan fingerprint density at radius 2 is 1.58 bits per heavy atom. The summed E-state index contributed by atoms with van der Waals surface area (Å²) in [6.07, 6.45) is 9.97. The second-order valence-electron chi connectivity index (χ2n) is 17.5. The molecule has 6 rings (SSSR count). The monoisotopic (exact) mass is 619 g/mol. The first-order chi connectivity index (χ1) is 21.0. The highest BCUT2D eigenvalue weighted by molar-refractivity contribution is 5.88. The fourth-order valence-electron chi connectivity index (χ4n) is 12.9. The Balaban J connectivity index is 1.32. The van der Waals surface area contributed by atoms with Crippen LogP contribution < -0.4 is 5.32 Å². The van der Waals surface area contributed by atoms with Gasteiger partial charge in [-0.15, -0.1) is 0 Å². The van der Waals surface area contributed by atoms with Crippen LogP contribution in [0.1, 0.15) is 111 Å². The minimum absolute atomic E-state index is 0.0782. The Hall–Kier alpha value is -2.34. The molecule has 0 radical (unpaired) electrons. The molecule has 5 aliphatic carbocycles. The van der Waals surface area contributed by atoms with Gasteiger partial charge in [0.2, 0.25) is 5.91 Å². The number of carbonyl (C=O) groups excluding carboxylic acids is 1. The molecule has 5 aliphatic rings. The lowest BCUT2D eigenvalue weighted by Gasteiger charge is -2.72. The minimum atomic E-state index is -1.03. The predicted molar refractivity (Wildman–Crippen MR) is 176 cm³/mol. The number of hydrogen-bond acceptors (Lipinski definition) is 4. The normalized spacial score (nSPS) is 44.0. The largest absolute Gasteiger partial charge is 0.508 e. The number of aromatic hydroxyl groups is 1. The minimum Gasteiger partial charge on any atom is -0.508 e. The molecule has 11 atom stereocenters. The fraction of sp³-hybridized carbons (Fsp3) is 0.744. The van der Waals surface area contributed by atoms with Gasteiger partial charge in [0.25, 0.3) is 0 Å². The summed E-state index contributed by atoms with van der Waals surface area (Å²) in [5.74, 6) is 0.912. The van der Waals surface area contributed by atoms with E-state index in [4.69, 9.17) is 0 Å². The van der Waals surface area contributed by atoms with E-state index in [1.165, 1.54) is 6.42 Å². The average molecular weight is 620 g/mol. The van der Waals surface area contributed by atoms with Crippen LogP contribution >= 0.6 is 0 Å².